The highest BCUT2D eigenvalue weighted by Crippen LogP contribution is 1.99. The van der Waals surface area contributed by atoms with Crippen LogP contribution in [0.4, 0.5) is 0 Å². The van der Waals surface area contributed by atoms with Gasteiger partial charge in [-0.15, -0.1) is 10.2 Å². The highest BCUT2D eigenvalue weighted by molar-refractivity contribution is 5.48. The monoisotopic (exact) mass is 242 g/mol. The Kier molecular flexibility index (Phi) is 4.67. The van der Waals surface area contributed by atoms with Crippen LogP contribution in [0.2, 0.25) is 0 Å². The minimum atomic E-state index is 0.868. The van der Waals surface area contributed by atoms with Gasteiger partial charge in [0.05, 0.1) is 0 Å². The van der Waals surface area contributed by atoms with Crippen molar-refractivity contribution in [3.63, 3.8) is 0 Å². The number of benzene rings is 1. The quantitative estimate of drug-likeness (QED) is 0.783. The molecule has 0 aliphatic carbocycles. The maximum absolute atomic E-state index is 4.04. The molecule has 2 rings (SSSR count). The first-order valence-electron chi connectivity index (χ1n) is 6.11. The lowest BCUT2D eigenvalue weighted by Crippen LogP contribution is -2.18. The standard InChI is InChI=1S/C14H18N4/c1-18-12-16-17-14(18)9-11-15-10-5-8-13-6-3-2-4-7-13/h2-8,12,15H,9-11H2,1H3. The molecule has 0 spiro atoms. The van der Waals surface area contributed by atoms with Gasteiger partial charge in [0.15, 0.2) is 0 Å². The van der Waals surface area contributed by atoms with Crippen LogP contribution >= 0.6 is 0 Å². The van der Waals surface area contributed by atoms with Gasteiger partial charge >= 0.3 is 0 Å². The number of rotatable bonds is 6. The van der Waals surface area contributed by atoms with Gasteiger partial charge in [0.1, 0.15) is 12.2 Å². The Bertz CT molecular complexity index is 488. The Morgan fingerprint density at radius 2 is 2.11 bits per heavy atom. The zero-order valence-electron chi connectivity index (χ0n) is 10.6. The fraction of sp³-hybridized carbons (Fsp3) is 0.286. The lowest BCUT2D eigenvalue weighted by molar-refractivity contribution is 0.692. The molecule has 1 aromatic carbocycles. The second-order valence-corrected chi connectivity index (χ2v) is 4.13. The summed E-state index contributed by atoms with van der Waals surface area (Å²) >= 11 is 0. The molecule has 94 valence electrons. The molecule has 0 unspecified atom stereocenters. The molecule has 1 aromatic heterocycles. The third-order valence-corrected chi connectivity index (χ3v) is 2.70. The number of hydrogen-bond acceptors (Lipinski definition) is 3. The maximum atomic E-state index is 4.04. The van der Waals surface area contributed by atoms with Crippen LogP contribution in [0.15, 0.2) is 42.7 Å². The predicted molar refractivity (Wildman–Crippen MR) is 73.1 cm³/mol. The molecule has 4 heteroatoms. The lowest BCUT2D eigenvalue weighted by Gasteiger charge is -2.01. The van der Waals surface area contributed by atoms with Crippen LogP contribution in [0.1, 0.15) is 11.4 Å². The molecule has 18 heavy (non-hydrogen) atoms. The normalized spacial score (nSPS) is 11.2. The van der Waals surface area contributed by atoms with Crippen LogP contribution in [0.25, 0.3) is 6.08 Å². The predicted octanol–water partition coefficient (Wildman–Crippen LogP) is 1.66. The molecule has 4 nitrogen and oxygen atoms in total. The van der Waals surface area contributed by atoms with Crippen LogP contribution in [-0.2, 0) is 13.5 Å². The van der Waals surface area contributed by atoms with Crippen molar-refractivity contribution in [3.8, 4) is 0 Å². The van der Waals surface area contributed by atoms with Gasteiger partial charge in [-0.05, 0) is 5.56 Å². The molecule has 0 fully saturated rings. The molecular formula is C14H18N4. The summed E-state index contributed by atoms with van der Waals surface area (Å²) in [5, 5.41) is 11.2. The summed E-state index contributed by atoms with van der Waals surface area (Å²) < 4.78 is 1.95. The average molecular weight is 242 g/mol. The number of nitrogens with one attached hydrogen (secondary N) is 1. The highest BCUT2D eigenvalue weighted by atomic mass is 15.2. The van der Waals surface area contributed by atoms with Crippen molar-refractivity contribution < 1.29 is 0 Å². The zero-order valence-corrected chi connectivity index (χ0v) is 10.6. The van der Waals surface area contributed by atoms with Crippen molar-refractivity contribution in [2.45, 2.75) is 6.42 Å². The molecule has 0 aliphatic heterocycles. The van der Waals surface area contributed by atoms with Gasteiger partial charge in [0.2, 0.25) is 0 Å². The van der Waals surface area contributed by atoms with E-state index < -0.39 is 0 Å². The smallest absolute Gasteiger partial charge is 0.133 e. The van der Waals surface area contributed by atoms with Crippen LogP contribution in [0.3, 0.4) is 0 Å². The third-order valence-electron chi connectivity index (χ3n) is 2.70. The molecule has 1 N–H and O–H groups in total. The summed E-state index contributed by atoms with van der Waals surface area (Å²) in [5.74, 6) is 1.01. The second-order valence-electron chi connectivity index (χ2n) is 4.13. The summed E-state index contributed by atoms with van der Waals surface area (Å²) in [6.45, 7) is 1.78. The summed E-state index contributed by atoms with van der Waals surface area (Å²) in [6.07, 6.45) is 6.88. The van der Waals surface area contributed by atoms with E-state index in [0.717, 1.165) is 25.3 Å². The van der Waals surface area contributed by atoms with E-state index >= 15 is 0 Å². The lowest BCUT2D eigenvalue weighted by atomic mass is 10.2. The van der Waals surface area contributed by atoms with Gasteiger partial charge < -0.3 is 9.88 Å². The van der Waals surface area contributed by atoms with E-state index in [1.54, 1.807) is 6.33 Å². The Hall–Kier alpha value is -1.94. The molecule has 0 amide bonds. The molecule has 1 heterocycles. The van der Waals surface area contributed by atoms with E-state index in [0.29, 0.717) is 0 Å². The van der Waals surface area contributed by atoms with Crippen LogP contribution in [-0.4, -0.2) is 27.9 Å². The average Bonchev–Trinajstić information content (AvgIpc) is 2.81. The van der Waals surface area contributed by atoms with Gasteiger partial charge in [-0.25, -0.2) is 0 Å². The summed E-state index contributed by atoms with van der Waals surface area (Å²) in [5.41, 5.74) is 1.23. The molecule has 0 saturated carbocycles. The molecule has 0 bridgehead atoms. The Morgan fingerprint density at radius 1 is 1.28 bits per heavy atom. The number of hydrogen-bond donors (Lipinski definition) is 1. The Balaban J connectivity index is 1.65. The Labute approximate surface area is 107 Å². The van der Waals surface area contributed by atoms with E-state index in [-0.39, 0.29) is 0 Å². The van der Waals surface area contributed by atoms with Gasteiger partial charge in [-0.3, -0.25) is 0 Å². The van der Waals surface area contributed by atoms with Crippen LogP contribution in [0.5, 0.6) is 0 Å². The van der Waals surface area contributed by atoms with E-state index in [4.69, 9.17) is 0 Å². The fourth-order valence-corrected chi connectivity index (χ4v) is 1.68. The van der Waals surface area contributed by atoms with Crippen molar-refractivity contribution in [1.82, 2.24) is 20.1 Å². The van der Waals surface area contributed by atoms with Gasteiger partial charge in [-0.2, -0.15) is 0 Å². The van der Waals surface area contributed by atoms with Crippen LogP contribution in [0, 0.1) is 0 Å². The zero-order chi connectivity index (χ0) is 12.6. The molecule has 0 aliphatic rings. The van der Waals surface area contributed by atoms with Gasteiger partial charge in [-0.1, -0.05) is 42.5 Å². The molecular weight excluding hydrogens is 224 g/mol. The fourth-order valence-electron chi connectivity index (χ4n) is 1.68. The van der Waals surface area contributed by atoms with E-state index in [1.165, 1.54) is 5.56 Å². The minimum absolute atomic E-state index is 0.868. The SMILES string of the molecule is Cn1cnnc1CCNCC=Cc1ccccc1. The first-order valence-corrected chi connectivity index (χ1v) is 6.11. The highest BCUT2D eigenvalue weighted by Gasteiger charge is 1.98. The number of nitrogens with zero attached hydrogens (tertiary/aromatic N) is 3. The van der Waals surface area contributed by atoms with E-state index in [1.807, 2.05) is 29.8 Å². The van der Waals surface area contributed by atoms with Crippen molar-refractivity contribution in [2.75, 3.05) is 13.1 Å². The number of aryl methyl sites for hydroxylation is 1. The molecule has 2 aromatic rings. The first kappa shape index (κ1) is 12.5. The van der Waals surface area contributed by atoms with Crippen molar-refractivity contribution in [3.05, 3.63) is 54.1 Å². The maximum Gasteiger partial charge on any atom is 0.133 e. The first-order chi connectivity index (χ1) is 8.86. The van der Waals surface area contributed by atoms with Crippen molar-refractivity contribution in [1.29, 1.82) is 0 Å². The van der Waals surface area contributed by atoms with E-state index in [9.17, 15) is 0 Å². The second kappa shape index (κ2) is 6.71. The molecule has 0 atom stereocenters. The Morgan fingerprint density at radius 3 is 2.83 bits per heavy atom. The van der Waals surface area contributed by atoms with Crippen LogP contribution < -0.4 is 5.32 Å². The topological polar surface area (TPSA) is 42.7 Å². The van der Waals surface area contributed by atoms with Crippen molar-refractivity contribution in [2.24, 2.45) is 7.05 Å². The third kappa shape index (κ3) is 3.82. The summed E-state index contributed by atoms with van der Waals surface area (Å²) in [6, 6.07) is 10.3. The van der Waals surface area contributed by atoms with Crippen molar-refractivity contribution >= 4 is 6.08 Å². The van der Waals surface area contributed by atoms with E-state index in [2.05, 4.69) is 39.8 Å². The van der Waals surface area contributed by atoms with Gasteiger partial charge in [0.25, 0.3) is 0 Å². The summed E-state index contributed by atoms with van der Waals surface area (Å²) in [7, 11) is 1.96. The molecule has 0 radical (unpaired) electrons. The van der Waals surface area contributed by atoms with Gasteiger partial charge in [0, 0.05) is 26.6 Å². The molecule has 0 saturated heterocycles. The largest absolute Gasteiger partial charge is 0.321 e. The number of aromatic nitrogens is 3. The summed E-state index contributed by atoms with van der Waals surface area (Å²) in [4.78, 5) is 0. The minimum Gasteiger partial charge on any atom is -0.321 e.